The number of hydrogen-bond donors (Lipinski definition) is 0. The molecule has 1 aliphatic rings. The lowest BCUT2D eigenvalue weighted by atomic mass is 10.2. The number of piperazine rings is 1. The van der Waals surface area contributed by atoms with E-state index in [-0.39, 0.29) is 5.91 Å². The number of para-hydroxylation sites is 2. The molecule has 1 saturated heterocycles. The number of amides is 1. The van der Waals surface area contributed by atoms with Crippen molar-refractivity contribution in [1.82, 2.24) is 9.88 Å². The summed E-state index contributed by atoms with van der Waals surface area (Å²) in [6.07, 6.45) is 1.55. The summed E-state index contributed by atoms with van der Waals surface area (Å²) in [6.45, 7) is 5.09. The Morgan fingerprint density at radius 1 is 1.25 bits per heavy atom. The lowest BCUT2D eigenvalue weighted by molar-refractivity contribution is -0.131. The number of aromatic nitrogens is 1. The van der Waals surface area contributed by atoms with E-state index in [2.05, 4.69) is 9.88 Å². The molecule has 1 fully saturated rings. The summed E-state index contributed by atoms with van der Waals surface area (Å²) >= 11 is 0. The van der Waals surface area contributed by atoms with Crippen molar-refractivity contribution >= 4 is 23.0 Å². The van der Waals surface area contributed by atoms with E-state index in [1.54, 1.807) is 0 Å². The van der Waals surface area contributed by atoms with E-state index in [0.29, 0.717) is 12.4 Å². The number of carbonyl (C=O) groups is 1. The van der Waals surface area contributed by atoms with Gasteiger partial charge in [-0.3, -0.25) is 4.79 Å². The van der Waals surface area contributed by atoms with Crippen LogP contribution in [0.4, 0.5) is 6.01 Å². The Morgan fingerprint density at radius 2 is 2.00 bits per heavy atom. The summed E-state index contributed by atoms with van der Waals surface area (Å²) in [5, 5.41) is 0. The van der Waals surface area contributed by atoms with E-state index in [0.717, 1.165) is 43.7 Å². The quantitative estimate of drug-likeness (QED) is 0.861. The molecular weight excluding hydrogens is 254 g/mol. The number of nitrogens with zero attached hydrogens (tertiary/aromatic N) is 3. The van der Waals surface area contributed by atoms with Gasteiger partial charge in [-0.2, -0.15) is 4.98 Å². The molecule has 0 atom stereocenters. The monoisotopic (exact) mass is 273 g/mol. The van der Waals surface area contributed by atoms with Crippen molar-refractivity contribution in [2.45, 2.75) is 19.8 Å². The molecule has 0 spiro atoms. The maximum atomic E-state index is 11.9. The van der Waals surface area contributed by atoms with Gasteiger partial charge in [0.25, 0.3) is 6.01 Å². The molecule has 1 aromatic heterocycles. The normalized spacial score (nSPS) is 15.8. The van der Waals surface area contributed by atoms with Crippen LogP contribution in [0.1, 0.15) is 19.8 Å². The fourth-order valence-corrected chi connectivity index (χ4v) is 2.51. The molecule has 0 bridgehead atoms. The summed E-state index contributed by atoms with van der Waals surface area (Å²) in [4.78, 5) is 20.4. The topological polar surface area (TPSA) is 49.6 Å². The van der Waals surface area contributed by atoms with Crippen LogP contribution >= 0.6 is 0 Å². The molecule has 0 aliphatic carbocycles. The minimum absolute atomic E-state index is 0.254. The van der Waals surface area contributed by atoms with E-state index in [1.807, 2.05) is 36.1 Å². The van der Waals surface area contributed by atoms with Gasteiger partial charge in [0.1, 0.15) is 5.52 Å². The van der Waals surface area contributed by atoms with Crippen molar-refractivity contribution in [3.8, 4) is 0 Å². The van der Waals surface area contributed by atoms with E-state index in [4.69, 9.17) is 4.42 Å². The first-order valence-corrected chi connectivity index (χ1v) is 7.16. The molecule has 2 aromatic rings. The predicted molar refractivity (Wildman–Crippen MR) is 77.7 cm³/mol. The molecular formula is C15H19N3O2. The number of hydrogen-bond acceptors (Lipinski definition) is 4. The predicted octanol–water partition coefficient (Wildman–Crippen LogP) is 2.28. The van der Waals surface area contributed by atoms with Gasteiger partial charge in [0.05, 0.1) is 0 Å². The van der Waals surface area contributed by atoms with Crippen molar-refractivity contribution in [2.24, 2.45) is 0 Å². The number of fused-ring (bicyclic) bond motifs is 1. The number of benzene rings is 1. The van der Waals surface area contributed by atoms with Gasteiger partial charge in [0, 0.05) is 32.6 Å². The van der Waals surface area contributed by atoms with Gasteiger partial charge in [-0.25, -0.2) is 0 Å². The van der Waals surface area contributed by atoms with Crippen LogP contribution in [0.5, 0.6) is 0 Å². The lowest BCUT2D eigenvalue weighted by Gasteiger charge is -2.33. The van der Waals surface area contributed by atoms with Crippen molar-refractivity contribution in [3.05, 3.63) is 24.3 Å². The van der Waals surface area contributed by atoms with Gasteiger partial charge in [0.2, 0.25) is 5.91 Å². The van der Waals surface area contributed by atoms with Crippen LogP contribution in [0.2, 0.25) is 0 Å². The SMILES string of the molecule is CCCC(=O)N1CCN(c2nc3ccccc3o2)CC1. The minimum Gasteiger partial charge on any atom is -0.423 e. The van der Waals surface area contributed by atoms with Gasteiger partial charge in [-0.15, -0.1) is 0 Å². The first kappa shape index (κ1) is 13.0. The first-order chi connectivity index (χ1) is 9.78. The highest BCUT2D eigenvalue weighted by molar-refractivity contribution is 5.76. The number of oxazole rings is 1. The summed E-state index contributed by atoms with van der Waals surface area (Å²) in [5.74, 6) is 0.254. The Hall–Kier alpha value is -2.04. The minimum atomic E-state index is 0.254. The van der Waals surface area contributed by atoms with Crippen LogP contribution in [0.15, 0.2) is 28.7 Å². The van der Waals surface area contributed by atoms with E-state index in [9.17, 15) is 4.79 Å². The van der Waals surface area contributed by atoms with Gasteiger partial charge >= 0.3 is 0 Å². The van der Waals surface area contributed by atoms with Crippen LogP contribution in [0.25, 0.3) is 11.1 Å². The maximum Gasteiger partial charge on any atom is 0.298 e. The van der Waals surface area contributed by atoms with Crippen LogP contribution in [0, 0.1) is 0 Å². The molecule has 5 nitrogen and oxygen atoms in total. The van der Waals surface area contributed by atoms with Crippen molar-refractivity contribution in [1.29, 1.82) is 0 Å². The first-order valence-electron chi connectivity index (χ1n) is 7.16. The van der Waals surface area contributed by atoms with Crippen LogP contribution in [-0.4, -0.2) is 42.0 Å². The fraction of sp³-hybridized carbons (Fsp3) is 0.467. The van der Waals surface area contributed by atoms with Gasteiger partial charge in [-0.05, 0) is 18.6 Å². The second kappa shape index (κ2) is 5.53. The third-order valence-corrected chi connectivity index (χ3v) is 3.65. The number of rotatable bonds is 3. The standard InChI is InChI=1S/C15H19N3O2/c1-2-5-14(19)17-8-10-18(11-9-17)15-16-12-6-3-4-7-13(12)20-15/h3-4,6-7H,2,5,8-11H2,1H3. The summed E-state index contributed by atoms with van der Waals surface area (Å²) in [5.41, 5.74) is 1.69. The van der Waals surface area contributed by atoms with Crippen LogP contribution in [0.3, 0.4) is 0 Å². The summed E-state index contributed by atoms with van der Waals surface area (Å²) in [6, 6.07) is 8.43. The third-order valence-electron chi connectivity index (χ3n) is 3.65. The van der Waals surface area contributed by atoms with Crippen molar-refractivity contribution < 1.29 is 9.21 Å². The second-order valence-corrected chi connectivity index (χ2v) is 5.08. The average molecular weight is 273 g/mol. The molecule has 1 aliphatic heterocycles. The van der Waals surface area contributed by atoms with E-state index >= 15 is 0 Å². The number of anilines is 1. The fourth-order valence-electron chi connectivity index (χ4n) is 2.51. The lowest BCUT2D eigenvalue weighted by Crippen LogP contribution is -2.48. The third kappa shape index (κ3) is 2.48. The van der Waals surface area contributed by atoms with Crippen LogP contribution in [-0.2, 0) is 4.79 Å². The molecule has 3 rings (SSSR count). The van der Waals surface area contributed by atoms with Gasteiger partial charge in [-0.1, -0.05) is 19.1 Å². The zero-order chi connectivity index (χ0) is 13.9. The molecule has 0 saturated carbocycles. The second-order valence-electron chi connectivity index (χ2n) is 5.08. The maximum absolute atomic E-state index is 11.9. The van der Waals surface area contributed by atoms with Crippen molar-refractivity contribution in [3.63, 3.8) is 0 Å². The average Bonchev–Trinajstić information content (AvgIpc) is 2.91. The zero-order valence-corrected chi connectivity index (χ0v) is 11.7. The molecule has 0 unspecified atom stereocenters. The van der Waals surface area contributed by atoms with Crippen molar-refractivity contribution in [2.75, 3.05) is 31.1 Å². The molecule has 1 aromatic carbocycles. The highest BCUT2D eigenvalue weighted by Gasteiger charge is 2.23. The molecule has 2 heterocycles. The Balaban J connectivity index is 1.67. The number of carbonyl (C=O) groups excluding carboxylic acids is 1. The van der Waals surface area contributed by atoms with E-state index < -0.39 is 0 Å². The van der Waals surface area contributed by atoms with Gasteiger partial charge < -0.3 is 14.2 Å². The Kier molecular flexibility index (Phi) is 3.58. The van der Waals surface area contributed by atoms with E-state index in [1.165, 1.54) is 0 Å². The molecule has 0 radical (unpaired) electrons. The largest absolute Gasteiger partial charge is 0.423 e. The summed E-state index contributed by atoms with van der Waals surface area (Å²) < 4.78 is 5.76. The Bertz CT molecular complexity index is 567. The smallest absolute Gasteiger partial charge is 0.298 e. The zero-order valence-electron chi connectivity index (χ0n) is 11.7. The molecule has 5 heteroatoms. The molecule has 20 heavy (non-hydrogen) atoms. The van der Waals surface area contributed by atoms with Crippen LogP contribution < -0.4 is 4.90 Å². The molecule has 0 N–H and O–H groups in total. The summed E-state index contributed by atoms with van der Waals surface area (Å²) in [7, 11) is 0. The highest BCUT2D eigenvalue weighted by atomic mass is 16.4. The molecule has 106 valence electrons. The Labute approximate surface area is 118 Å². The highest BCUT2D eigenvalue weighted by Crippen LogP contribution is 2.22. The molecule has 1 amide bonds. The van der Waals surface area contributed by atoms with Gasteiger partial charge in [0.15, 0.2) is 5.58 Å². The Morgan fingerprint density at radius 3 is 2.70 bits per heavy atom.